The highest BCUT2D eigenvalue weighted by atomic mass is 19.1. The number of benzene rings is 2. The molecule has 2 rings (SSSR count). The van der Waals surface area contributed by atoms with Crippen molar-refractivity contribution in [3.8, 4) is 0 Å². The van der Waals surface area contributed by atoms with Gasteiger partial charge in [0, 0.05) is 24.8 Å². The SMILES string of the molecule is C[C@H](O)c1cc(F)ccc1N(C)Cc1ccccc1. The third kappa shape index (κ3) is 3.32. The van der Waals surface area contributed by atoms with Crippen LogP contribution in [0, 0.1) is 5.82 Å². The highest BCUT2D eigenvalue weighted by Gasteiger charge is 2.13. The Balaban J connectivity index is 2.26. The minimum atomic E-state index is -0.691. The van der Waals surface area contributed by atoms with Crippen molar-refractivity contribution >= 4 is 5.69 Å². The Morgan fingerprint density at radius 3 is 2.47 bits per heavy atom. The van der Waals surface area contributed by atoms with Gasteiger partial charge in [-0.15, -0.1) is 0 Å². The first-order valence-electron chi connectivity index (χ1n) is 6.30. The number of rotatable bonds is 4. The fourth-order valence-corrected chi connectivity index (χ4v) is 2.15. The highest BCUT2D eigenvalue weighted by Crippen LogP contribution is 2.27. The van der Waals surface area contributed by atoms with Crippen molar-refractivity contribution < 1.29 is 9.50 Å². The first-order chi connectivity index (χ1) is 9.08. The third-order valence-electron chi connectivity index (χ3n) is 3.11. The molecule has 3 heteroatoms. The van der Waals surface area contributed by atoms with Gasteiger partial charge in [0.15, 0.2) is 0 Å². The van der Waals surface area contributed by atoms with E-state index in [-0.39, 0.29) is 5.82 Å². The standard InChI is InChI=1S/C16H18FNO/c1-12(19)15-10-14(17)8-9-16(15)18(2)11-13-6-4-3-5-7-13/h3-10,12,19H,11H2,1-2H3/t12-/m0/s1. The molecule has 2 aromatic carbocycles. The molecule has 100 valence electrons. The number of aliphatic hydroxyl groups is 1. The quantitative estimate of drug-likeness (QED) is 0.908. The molecule has 0 saturated heterocycles. The molecule has 19 heavy (non-hydrogen) atoms. The maximum atomic E-state index is 13.3. The van der Waals surface area contributed by atoms with E-state index in [1.807, 2.05) is 42.3 Å². The summed E-state index contributed by atoms with van der Waals surface area (Å²) >= 11 is 0. The van der Waals surface area contributed by atoms with E-state index in [1.165, 1.54) is 17.7 Å². The Morgan fingerprint density at radius 1 is 1.16 bits per heavy atom. The van der Waals surface area contributed by atoms with Gasteiger partial charge < -0.3 is 10.0 Å². The normalized spacial score (nSPS) is 12.2. The number of hydrogen-bond donors (Lipinski definition) is 1. The van der Waals surface area contributed by atoms with Crippen LogP contribution in [-0.4, -0.2) is 12.2 Å². The van der Waals surface area contributed by atoms with Crippen LogP contribution in [0.25, 0.3) is 0 Å². The molecule has 0 unspecified atom stereocenters. The summed E-state index contributed by atoms with van der Waals surface area (Å²) in [6, 6.07) is 14.6. The number of halogens is 1. The van der Waals surface area contributed by atoms with E-state index < -0.39 is 6.10 Å². The Hall–Kier alpha value is -1.87. The summed E-state index contributed by atoms with van der Waals surface area (Å²) in [6.07, 6.45) is -0.691. The van der Waals surface area contributed by atoms with Gasteiger partial charge >= 0.3 is 0 Å². The molecule has 2 nitrogen and oxygen atoms in total. The Labute approximate surface area is 113 Å². The molecule has 0 saturated carbocycles. The third-order valence-corrected chi connectivity index (χ3v) is 3.11. The molecule has 0 aliphatic heterocycles. The predicted molar refractivity (Wildman–Crippen MR) is 75.6 cm³/mol. The average molecular weight is 259 g/mol. The lowest BCUT2D eigenvalue weighted by molar-refractivity contribution is 0.199. The predicted octanol–water partition coefficient (Wildman–Crippen LogP) is 3.52. The number of nitrogens with zero attached hydrogens (tertiary/aromatic N) is 1. The van der Waals surface area contributed by atoms with Gasteiger partial charge in [0.1, 0.15) is 5.82 Å². The molecule has 0 aliphatic carbocycles. The molecule has 0 aliphatic rings. The minimum absolute atomic E-state index is 0.326. The molecule has 0 bridgehead atoms. The fraction of sp³-hybridized carbons (Fsp3) is 0.250. The molecule has 0 radical (unpaired) electrons. The van der Waals surface area contributed by atoms with Gasteiger partial charge in [-0.25, -0.2) is 4.39 Å². The molecule has 0 spiro atoms. The lowest BCUT2D eigenvalue weighted by Gasteiger charge is -2.23. The van der Waals surface area contributed by atoms with Crippen molar-refractivity contribution in [2.45, 2.75) is 19.6 Å². The minimum Gasteiger partial charge on any atom is -0.389 e. The summed E-state index contributed by atoms with van der Waals surface area (Å²) < 4.78 is 13.3. The average Bonchev–Trinajstić information content (AvgIpc) is 2.39. The van der Waals surface area contributed by atoms with Gasteiger partial charge in [-0.1, -0.05) is 30.3 Å². The molecule has 0 heterocycles. The number of anilines is 1. The van der Waals surface area contributed by atoms with Crippen LogP contribution in [0.15, 0.2) is 48.5 Å². The second kappa shape index (κ2) is 5.85. The van der Waals surface area contributed by atoms with Crippen LogP contribution in [0.3, 0.4) is 0 Å². The summed E-state index contributed by atoms with van der Waals surface area (Å²) in [5.74, 6) is -0.326. The van der Waals surface area contributed by atoms with Crippen LogP contribution in [0.2, 0.25) is 0 Å². The van der Waals surface area contributed by atoms with Crippen molar-refractivity contribution in [1.82, 2.24) is 0 Å². The molecular weight excluding hydrogens is 241 g/mol. The molecular formula is C16H18FNO. The van der Waals surface area contributed by atoms with Crippen LogP contribution in [0.4, 0.5) is 10.1 Å². The zero-order chi connectivity index (χ0) is 13.8. The van der Waals surface area contributed by atoms with Crippen molar-refractivity contribution in [2.24, 2.45) is 0 Å². The van der Waals surface area contributed by atoms with Gasteiger partial charge in [-0.2, -0.15) is 0 Å². The van der Waals surface area contributed by atoms with Crippen LogP contribution in [0.5, 0.6) is 0 Å². The van der Waals surface area contributed by atoms with Crippen LogP contribution >= 0.6 is 0 Å². The van der Waals surface area contributed by atoms with E-state index >= 15 is 0 Å². The summed E-state index contributed by atoms with van der Waals surface area (Å²) in [4.78, 5) is 2.01. The molecule has 2 aromatic rings. The second-order valence-electron chi connectivity index (χ2n) is 4.72. The van der Waals surface area contributed by atoms with Crippen molar-refractivity contribution in [1.29, 1.82) is 0 Å². The van der Waals surface area contributed by atoms with Crippen LogP contribution < -0.4 is 4.90 Å². The smallest absolute Gasteiger partial charge is 0.123 e. The van der Waals surface area contributed by atoms with Crippen molar-refractivity contribution in [2.75, 3.05) is 11.9 Å². The van der Waals surface area contributed by atoms with Gasteiger partial charge in [0.25, 0.3) is 0 Å². The maximum absolute atomic E-state index is 13.3. The monoisotopic (exact) mass is 259 g/mol. The number of hydrogen-bond acceptors (Lipinski definition) is 2. The Morgan fingerprint density at radius 2 is 1.84 bits per heavy atom. The van der Waals surface area contributed by atoms with Crippen LogP contribution in [0.1, 0.15) is 24.2 Å². The maximum Gasteiger partial charge on any atom is 0.123 e. The summed E-state index contributed by atoms with van der Waals surface area (Å²) in [6.45, 7) is 2.36. The first-order valence-corrected chi connectivity index (χ1v) is 6.30. The first kappa shape index (κ1) is 13.6. The zero-order valence-electron chi connectivity index (χ0n) is 11.2. The lowest BCUT2D eigenvalue weighted by Crippen LogP contribution is -2.18. The topological polar surface area (TPSA) is 23.5 Å². The van der Waals surface area contributed by atoms with E-state index in [2.05, 4.69) is 0 Å². The van der Waals surface area contributed by atoms with E-state index in [0.29, 0.717) is 12.1 Å². The Kier molecular flexibility index (Phi) is 4.17. The molecule has 1 atom stereocenters. The highest BCUT2D eigenvalue weighted by molar-refractivity contribution is 5.54. The number of aliphatic hydroxyl groups excluding tert-OH is 1. The van der Waals surface area contributed by atoms with Crippen molar-refractivity contribution in [3.63, 3.8) is 0 Å². The summed E-state index contributed by atoms with van der Waals surface area (Å²) in [7, 11) is 1.94. The fourth-order valence-electron chi connectivity index (χ4n) is 2.15. The van der Waals surface area contributed by atoms with Crippen LogP contribution in [-0.2, 0) is 6.54 Å². The largest absolute Gasteiger partial charge is 0.389 e. The van der Waals surface area contributed by atoms with E-state index in [9.17, 15) is 9.50 Å². The molecule has 0 fully saturated rings. The molecule has 0 aromatic heterocycles. The van der Waals surface area contributed by atoms with Gasteiger partial charge in [0.05, 0.1) is 6.10 Å². The molecule has 0 amide bonds. The van der Waals surface area contributed by atoms with Gasteiger partial charge in [-0.3, -0.25) is 0 Å². The molecule has 1 N–H and O–H groups in total. The Bertz CT molecular complexity index is 540. The van der Waals surface area contributed by atoms with E-state index in [4.69, 9.17) is 0 Å². The zero-order valence-corrected chi connectivity index (χ0v) is 11.2. The van der Waals surface area contributed by atoms with Crippen molar-refractivity contribution in [3.05, 3.63) is 65.5 Å². The van der Waals surface area contributed by atoms with Gasteiger partial charge in [-0.05, 0) is 30.7 Å². The van der Waals surface area contributed by atoms with E-state index in [1.54, 1.807) is 13.0 Å². The summed E-state index contributed by atoms with van der Waals surface area (Å²) in [5.41, 5.74) is 2.63. The summed E-state index contributed by atoms with van der Waals surface area (Å²) in [5, 5.41) is 9.75. The lowest BCUT2D eigenvalue weighted by atomic mass is 10.1. The van der Waals surface area contributed by atoms with E-state index in [0.717, 1.165) is 5.69 Å². The second-order valence-corrected chi connectivity index (χ2v) is 4.72. The van der Waals surface area contributed by atoms with Gasteiger partial charge in [0.2, 0.25) is 0 Å².